The largest absolute Gasteiger partial charge is 0.480 e. The van der Waals surface area contributed by atoms with E-state index in [1.165, 1.54) is 0 Å². The second-order valence-corrected chi connectivity index (χ2v) is 2.81. The molecule has 1 unspecified atom stereocenters. The molecule has 1 amide bonds. The van der Waals surface area contributed by atoms with Gasteiger partial charge in [0.05, 0.1) is 12.6 Å². The number of carbonyl (C=O) groups is 2. The molecule has 0 saturated carbocycles. The molecule has 0 bridgehead atoms. The summed E-state index contributed by atoms with van der Waals surface area (Å²) < 4.78 is 0. The van der Waals surface area contributed by atoms with Crippen molar-refractivity contribution in [1.82, 2.24) is 4.90 Å². The highest BCUT2D eigenvalue weighted by molar-refractivity contribution is 5.85. The maximum Gasteiger partial charge on any atom is 0.323 e. The molecule has 0 aliphatic heterocycles. The first-order chi connectivity index (χ1) is 6.52. The second-order valence-electron chi connectivity index (χ2n) is 2.81. The van der Waals surface area contributed by atoms with Crippen molar-refractivity contribution in [3.8, 4) is 12.3 Å². The van der Waals surface area contributed by atoms with Crippen molar-refractivity contribution in [3.63, 3.8) is 0 Å². The maximum absolute atomic E-state index is 11.4. The van der Waals surface area contributed by atoms with E-state index in [0.717, 1.165) is 4.90 Å². The van der Waals surface area contributed by atoms with Gasteiger partial charge in [-0.2, -0.15) is 0 Å². The standard InChI is InChI=1S/C9H14N2O3/c1-3-5-11(6-8(12)13)9(14)7(10)4-2/h1,7H,4-6,10H2,2H3,(H,12,13). The minimum absolute atomic E-state index is 0.0289. The van der Waals surface area contributed by atoms with Crippen molar-refractivity contribution in [2.45, 2.75) is 19.4 Å². The Morgan fingerprint density at radius 1 is 1.64 bits per heavy atom. The van der Waals surface area contributed by atoms with Crippen molar-refractivity contribution < 1.29 is 14.7 Å². The zero-order valence-corrected chi connectivity index (χ0v) is 8.06. The molecule has 0 aromatic carbocycles. The zero-order chi connectivity index (χ0) is 11.1. The summed E-state index contributed by atoms with van der Waals surface area (Å²) in [5, 5.41) is 8.51. The zero-order valence-electron chi connectivity index (χ0n) is 8.06. The third-order valence-electron chi connectivity index (χ3n) is 1.68. The molecule has 0 aromatic rings. The van der Waals surface area contributed by atoms with Gasteiger partial charge in [0.2, 0.25) is 5.91 Å². The molecular weight excluding hydrogens is 184 g/mol. The lowest BCUT2D eigenvalue weighted by atomic mass is 10.2. The predicted molar refractivity (Wildman–Crippen MR) is 51.3 cm³/mol. The van der Waals surface area contributed by atoms with Gasteiger partial charge >= 0.3 is 5.97 Å². The fourth-order valence-electron chi connectivity index (χ4n) is 0.894. The number of hydrogen-bond donors (Lipinski definition) is 2. The molecule has 0 radical (unpaired) electrons. The molecule has 5 heteroatoms. The fraction of sp³-hybridized carbons (Fsp3) is 0.556. The van der Waals surface area contributed by atoms with Crippen LogP contribution in [-0.4, -0.2) is 41.0 Å². The molecule has 78 valence electrons. The Bertz CT molecular complexity index is 257. The lowest BCUT2D eigenvalue weighted by molar-refractivity contribution is -0.144. The lowest BCUT2D eigenvalue weighted by Gasteiger charge is -2.20. The van der Waals surface area contributed by atoms with E-state index in [1.54, 1.807) is 6.92 Å². The molecule has 0 fully saturated rings. The first-order valence-corrected chi connectivity index (χ1v) is 4.22. The highest BCUT2D eigenvalue weighted by atomic mass is 16.4. The molecular formula is C9H14N2O3. The highest BCUT2D eigenvalue weighted by Crippen LogP contribution is 1.96. The van der Waals surface area contributed by atoms with E-state index in [1.807, 2.05) is 0 Å². The number of aliphatic carboxylic acids is 1. The molecule has 1 atom stereocenters. The molecule has 0 aliphatic rings. The molecule has 0 spiro atoms. The Balaban J connectivity index is 4.41. The van der Waals surface area contributed by atoms with Crippen molar-refractivity contribution >= 4 is 11.9 Å². The summed E-state index contributed by atoms with van der Waals surface area (Å²) in [5.41, 5.74) is 5.47. The Hall–Kier alpha value is -1.54. The van der Waals surface area contributed by atoms with Gasteiger partial charge in [0, 0.05) is 0 Å². The number of nitrogens with two attached hydrogens (primary N) is 1. The van der Waals surface area contributed by atoms with Crippen LogP contribution in [0.3, 0.4) is 0 Å². The van der Waals surface area contributed by atoms with E-state index in [0.29, 0.717) is 6.42 Å². The van der Waals surface area contributed by atoms with Crippen LogP contribution >= 0.6 is 0 Å². The van der Waals surface area contributed by atoms with E-state index in [4.69, 9.17) is 17.3 Å². The third-order valence-corrected chi connectivity index (χ3v) is 1.68. The van der Waals surface area contributed by atoms with Gasteiger partial charge in [-0.1, -0.05) is 12.8 Å². The summed E-state index contributed by atoms with van der Waals surface area (Å²) in [6.07, 6.45) is 5.46. The number of carbonyl (C=O) groups excluding carboxylic acids is 1. The van der Waals surface area contributed by atoms with Crippen LogP contribution in [-0.2, 0) is 9.59 Å². The van der Waals surface area contributed by atoms with Crippen molar-refractivity contribution in [2.24, 2.45) is 5.73 Å². The Morgan fingerprint density at radius 3 is 2.57 bits per heavy atom. The maximum atomic E-state index is 11.4. The normalized spacial score (nSPS) is 11.5. The van der Waals surface area contributed by atoms with Crippen LogP contribution in [0.2, 0.25) is 0 Å². The average molecular weight is 198 g/mol. The van der Waals surface area contributed by atoms with Crippen LogP contribution in [0.5, 0.6) is 0 Å². The number of carboxylic acid groups (broad SMARTS) is 1. The topological polar surface area (TPSA) is 83.6 Å². The summed E-state index contributed by atoms with van der Waals surface area (Å²) in [4.78, 5) is 22.9. The van der Waals surface area contributed by atoms with Crippen LogP contribution in [0.15, 0.2) is 0 Å². The molecule has 0 aliphatic carbocycles. The SMILES string of the molecule is C#CCN(CC(=O)O)C(=O)C(N)CC. The Kier molecular flexibility index (Phi) is 5.34. The van der Waals surface area contributed by atoms with Crippen LogP contribution in [0, 0.1) is 12.3 Å². The van der Waals surface area contributed by atoms with E-state index in [-0.39, 0.29) is 6.54 Å². The number of amides is 1. The molecule has 0 saturated heterocycles. The van der Waals surface area contributed by atoms with E-state index in [2.05, 4.69) is 5.92 Å². The molecule has 0 aromatic heterocycles. The Morgan fingerprint density at radius 2 is 2.21 bits per heavy atom. The van der Waals surface area contributed by atoms with Crippen LogP contribution < -0.4 is 5.73 Å². The van der Waals surface area contributed by atoms with Crippen molar-refractivity contribution in [2.75, 3.05) is 13.1 Å². The molecule has 0 heterocycles. The summed E-state index contributed by atoms with van der Waals surface area (Å²) in [6.45, 7) is 1.31. The molecule has 0 rings (SSSR count). The smallest absolute Gasteiger partial charge is 0.323 e. The summed E-state index contributed by atoms with van der Waals surface area (Å²) in [6, 6.07) is -0.678. The summed E-state index contributed by atoms with van der Waals surface area (Å²) >= 11 is 0. The molecule has 14 heavy (non-hydrogen) atoms. The number of hydrogen-bond acceptors (Lipinski definition) is 3. The van der Waals surface area contributed by atoms with Crippen molar-refractivity contribution in [3.05, 3.63) is 0 Å². The van der Waals surface area contributed by atoms with E-state index < -0.39 is 24.5 Å². The number of nitrogens with zero attached hydrogens (tertiary/aromatic N) is 1. The van der Waals surface area contributed by atoms with E-state index in [9.17, 15) is 9.59 Å². The first-order valence-electron chi connectivity index (χ1n) is 4.22. The first kappa shape index (κ1) is 12.5. The van der Waals surface area contributed by atoms with Gasteiger partial charge in [-0.3, -0.25) is 9.59 Å². The van der Waals surface area contributed by atoms with Crippen LogP contribution in [0.1, 0.15) is 13.3 Å². The quantitative estimate of drug-likeness (QED) is 0.570. The summed E-state index contributed by atoms with van der Waals surface area (Å²) in [7, 11) is 0. The molecule has 3 N–H and O–H groups in total. The average Bonchev–Trinajstić information content (AvgIpc) is 2.14. The monoisotopic (exact) mass is 198 g/mol. The van der Waals surface area contributed by atoms with E-state index >= 15 is 0 Å². The lowest BCUT2D eigenvalue weighted by Crippen LogP contribution is -2.45. The van der Waals surface area contributed by atoms with Crippen LogP contribution in [0.4, 0.5) is 0 Å². The van der Waals surface area contributed by atoms with Gasteiger partial charge in [0.15, 0.2) is 0 Å². The number of terminal acetylenes is 1. The number of rotatable bonds is 5. The predicted octanol–water partition coefficient (Wildman–Crippen LogP) is -0.730. The van der Waals surface area contributed by atoms with Crippen molar-refractivity contribution in [1.29, 1.82) is 0 Å². The number of carboxylic acids is 1. The van der Waals surface area contributed by atoms with Gasteiger partial charge in [0.25, 0.3) is 0 Å². The van der Waals surface area contributed by atoms with Gasteiger partial charge in [-0.15, -0.1) is 6.42 Å². The second kappa shape index (κ2) is 6.00. The highest BCUT2D eigenvalue weighted by Gasteiger charge is 2.20. The van der Waals surface area contributed by atoms with Gasteiger partial charge in [-0.25, -0.2) is 0 Å². The fourth-order valence-corrected chi connectivity index (χ4v) is 0.894. The van der Waals surface area contributed by atoms with Gasteiger partial charge < -0.3 is 15.7 Å². The van der Waals surface area contributed by atoms with Crippen LogP contribution in [0.25, 0.3) is 0 Å². The minimum Gasteiger partial charge on any atom is -0.480 e. The minimum atomic E-state index is -1.10. The van der Waals surface area contributed by atoms with Gasteiger partial charge in [-0.05, 0) is 6.42 Å². The summed E-state index contributed by atoms with van der Waals surface area (Å²) in [5.74, 6) is 0.696. The molecule has 5 nitrogen and oxygen atoms in total. The third kappa shape index (κ3) is 3.92. The van der Waals surface area contributed by atoms with Gasteiger partial charge in [0.1, 0.15) is 6.54 Å². The Labute approximate surface area is 82.9 Å².